The van der Waals surface area contributed by atoms with Gasteiger partial charge in [-0.3, -0.25) is 9.71 Å². The number of nitrogens with zero attached hydrogens (tertiary/aromatic N) is 1. The number of benzene rings is 2. The van der Waals surface area contributed by atoms with Gasteiger partial charge in [-0.15, -0.1) is 0 Å². The molecule has 1 N–H and O–H groups in total. The van der Waals surface area contributed by atoms with Gasteiger partial charge in [0, 0.05) is 11.6 Å². The molecule has 0 bridgehead atoms. The van der Waals surface area contributed by atoms with Gasteiger partial charge in [-0.25, -0.2) is 12.8 Å². The molecule has 0 aliphatic carbocycles. The molecule has 9 heteroatoms. The summed E-state index contributed by atoms with van der Waals surface area (Å²) in [6.07, 6.45) is -3.56. The van der Waals surface area contributed by atoms with E-state index < -0.39 is 33.3 Å². The molecule has 1 heterocycles. The number of fused-ring (bicyclic) bond motifs is 1. The first-order chi connectivity index (χ1) is 11.7. The van der Waals surface area contributed by atoms with Crippen molar-refractivity contribution >= 4 is 26.6 Å². The number of aromatic nitrogens is 1. The van der Waals surface area contributed by atoms with Crippen molar-refractivity contribution in [3.8, 4) is 0 Å². The Hall–Kier alpha value is -2.68. The van der Waals surface area contributed by atoms with Crippen LogP contribution in [0.5, 0.6) is 0 Å². The summed E-state index contributed by atoms with van der Waals surface area (Å²) in [6.45, 7) is 0. The fourth-order valence-electron chi connectivity index (χ4n) is 2.32. The van der Waals surface area contributed by atoms with E-state index in [9.17, 15) is 26.0 Å². The van der Waals surface area contributed by atoms with Crippen LogP contribution >= 0.6 is 0 Å². The first-order valence-electron chi connectivity index (χ1n) is 6.92. The predicted octanol–water partition coefficient (Wildman–Crippen LogP) is 4.19. The molecule has 0 saturated carbocycles. The van der Waals surface area contributed by atoms with Crippen LogP contribution in [0.3, 0.4) is 0 Å². The zero-order valence-corrected chi connectivity index (χ0v) is 13.2. The normalized spacial score (nSPS) is 12.3. The number of alkyl halides is 3. The van der Waals surface area contributed by atoms with E-state index in [4.69, 9.17) is 0 Å². The van der Waals surface area contributed by atoms with Crippen LogP contribution in [0, 0.1) is 5.82 Å². The van der Waals surface area contributed by atoms with Crippen molar-refractivity contribution in [1.82, 2.24) is 4.98 Å². The molecule has 0 spiro atoms. The van der Waals surface area contributed by atoms with Gasteiger partial charge in [0.05, 0.1) is 16.8 Å². The van der Waals surface area contributed by atoms with Gasteiger partial charge in [-0.1, -0.05) is 24.3 Å². The third-order valence-electron chi connectivity index (χ3n) is 3.43. The molecule has 25 heavy (non-hydrogen) atoms. The number of pyridine rings is 1. The summed E-state index contributed by atoms with van der Waals surface area (Å²) in [5.74, 6) is -1.69. The Morgan fingerprint density at radius 1 is 0.960 bits per heavy atom. The summed E-state index contributed by atoms with van der Waals surface area (Å²) >= 11 is 0. The second-order valence-electron chi connectivity index (χ2n) is 5.10. The lowest BCUT2D eigenvalue weighted by Gasteiger charge is -2.13. The van der Waals surface area contributed by atoms with E-state index in [0.29, 0.717) is 11.5 Å². The summed E-state index contributed by atoms with van der Waals surface area (Å²) in [5, 5.41) is 0.523. The molecule has 0 aliphatic heterocycles. The molecule has 0 atom stereocenters. The number of anilines is 1. The smallest absolute Gasteiger partial charge is 0.277 e. The van der Waals surface area contributed by atoms with Crippen LogP contribution in [0.4, 0.5) is 23.2 Å². The topological polar surface area (TPSA) is 59.1 Å². The highest BCUT2D eigenvalue weighted by atomic mass is 32.2. The summed E-state index contributed by atoms with van der Waals surface area (Å²) in [4.78, 5) is 3.71. The molecular weight excluding hydrogens is 360 g/mol. The van der Waals surface area contributed by atoms with E-state index >= 15 is 0 Å². The largest absolute Gasteiger partial charge is 0.419 e. The van der Waals surface area contributed by atoms with Crippen LogP contribution in [0.25, 0.3) is 10.9 Å². The average Bonchev–Trinajstić information content (AvgIpc) is 2.55. The molecule has 0 aliphatic rings. The summed E-state index contributed by atoms with van der Waals surface area (Å²) in [5.41, 5.74) is -2.21. The standard InChI is InChI=1S/C16H10F4N2O2S/c17-14-11(16(18,19)20)6-2-7-12(14)22-25(23,24)13-8-1-4-10-5-3-9-21-15(10)13/h1-9,22H. The van der Waals surface area contributed by atoms with Crippen LogP contribution < -0.4 is 4.72 Å². The maximum atomic E-state index is 14.1. The zero-order chi connectivity index (χ0) is 18.2. The highest BCUT2D eigenvalue weighted by Gasteiger charge is 2.35. The van der Waals surface area contributed by atoms with Gasteiger partial charge in [-0.05, 0) is 24.3 Å². The monoisotopic (exact) mass is 370 g/mol. The summed E-state index contributed by atoms with van der Waals surface area (Å²) < 4.78 is 79.3. The Kier molecular flexibility index (Phi) is 4.11. The highest BCUT2D eigenvalue weighted by Crippen LogP contribution is 2.34. The lowest BCUT2D eigenvalue weighted by atomic mass is 10.2. The van der Waals surface area contributed by atoms with Gasteiger partial charge in [0.15, 0.2) is 5.82 Å². The molecule has 0 amide bonds. The molecule has 3 rings (SSSR count). The van der Waals surface area contributed by atoms with Crippen molar-refractivity contribution < 1.29 is 26.0 Å². The maximum absolute atomic E-state index is 14.1. The number of para-hydroxylation sites is 1. The fourth-order valence-corrected chi connectivity index (χ4v) is 3.56. The fraction of sp³-hybridized carbons (Fsp3) is 0.0625. The molecule has 0 radical (unpaired) electrons. The quantitative estimate of drug-likeness (QED) is 0.703. The number of rotatable bonds is 3. The van der Waals surface area contributed by atoms with E-state index in [-0.39, 0.29) is 10.4 Å². The predicted molar refractivity (Wildman–Crippen MR) is 84.0 cm³/mol. The first kappa shape index (κ1) is 17.2. The van der Waals surface area contributed by atoms with Crippen molar-refractivity contribution in [2.24, 2.45) is 0 Å². The maximum Gasteiger partial charge on any atom is 0.419 e. The molecular formula is C16H10F4N2O2S. The average molecular weight is 370 g/mol. The Balaban J connectivity index is 2.09. The molecule has 3 aromatic rings. The minimum atomic E-state index is -4.94. The summed E-state index contributed by atoms with van der Waals surface area (Å²) in [7, 11) is -4.34. The van der Waals surface area contributed by atoms with Crippen molar-refractivity contribution in [2.75, 3.05) is 4.72 Å². The molecule has 0 fully saturated rings. The van der Waals surface area contributed by atoms with Crippen molar-refractivity contribution in [2.45, 2.75) is 11.1 Å². The van der Waals surface area contributed by atoms with Gasteiger partial charge in [0.2, 0.25) is 0 Å². The van der Waals surface area contributed by atoms with Gasteiger partial charge in [-0.2, -0.15) is 13.2 Å². The van der Waals surface area contributed by atoms with Crippen molar-refractivity contribution in [3.05, 3.63) is 66.1 Å². The Bertz CT molecular complexity index is 1040. The van der Waals surface area contributed by atoms with Gasteiger partial charge >= 0.3 is 6.18 Å². The van der Waals surface area contributed by atoms with Gasteiger partial charge in [0.25, 0.3) is 10.0 Å². The Morgan fingerprint density at radius 3 is 2.36 bits per heavy atom. The highest BCUT2D eigenvalue weighted by molar-refractivity contribution is 7.93. The third kappa shape index (κ3) is 3.27. The van der Waals surface area contributed by atoms with Crippen LogP contribution in [-0.4, -0.2) is 13.4 Å². The number of sulfonamides is 1. The first-order valence-corrected chi connectivity index (χ1v) is 8.41. The van der Waals surface area contributed by atoms with E-state index in [2.05, 4.69) is 4.98 Å². The molecule has 1 aromatic heterocycles. The second kappa shape index (κ2) is 5.99. The Labute approximate surface area is 140 Å². The third-order valence-corrected chi connectivity index (χ3v) is 4.83. The minimum Gasteiger partial charge on any atom is -0.277 e. The van der Waals surface area contributed by atoms with Gasteiger partial charge < -0.3 is 0 Å². The van der Waals surface area contributed by atoms with Crippen molar-refractivity contribution in [3.63, 3.8) is 0 Å². The number of hydrogen-bond donors (Lipinski definition) is 1. The Morgan fingerprint density at radius 2 is 1.64 bits per heavy atom. The molecule has 0 saturated heterocycles. The summed E-state index contributed by atoms with van der Waals surface area (Å²) in [6, 6.07) is 9.94. The van der Waals surface area contributed by atoms with E-state index in [0.717, 1.165) is 12.1 Å². The number of hydrogen-bond acceptors (Lipinski definition) is 3. The SMILES string of the molecule is O=S(=O)(Nc1cccc(C(F)(F)F)c1F)c1cccc2cccnc12. The van der Waals surface area contributed by atoms with Crippen molar-refractivity contribution in [1.29, 1.82) is 0 Å². The molecule has 2 aromatic carbocycles. The number of nitrogens with one attached hydrogen (secondary N) is 1. The molecule has 0 unspecified atom stereocenters. The lowest BCUT2D eigenvalue weighted by molar-refractivity contribution is -0.139. The molecule has 4 nitrogen and oxygen atoms in total. The van der Waals surface area contributed by atoms with E-state index in [1.165, 1.54) is 18.3 Å². The lowest BCUT2D eigenvalue weighted by Crippen LogP contribution is -2.17. The second-order valence-corrected chi connectivity index (χ2v) is 6.75. The van der Waals surface area contributed by atoms with Crippen LogP contribution in [-0.2, 0) is 16.2 Å². The van der Waals surface area contributed by atoms with Gasteiger partial charge in [0.1, 0.15) is 4.90 Å². The van der Waals surface area contributed by atoms with Crippen LogP contribution in [0.2, 0.25) is 0 Å². The zero-order valence-electron chi connectivity index (χ0n) is 12.4. The van der Waals surface area contributed by atoms with E-state index in [1.807, 2.05) is 4.72 Å². The number of halogens is 4. The van der Waals surface area contributed by atoms with Crippen LogP contribution in [0.15, 0.2) is 59.6 Å². The van der Waals surface area contributed by atoms with Crippen LogP contribution in [0.1, 0.15) is 5.56 Å². The molecule has 130 valence electrons. The van der Waals surface area contributed by atoms with E-state index in [1.54, 1.807) is 18.2 Å². The minimum absolute atomic E-state index is 0.130.